The maximum Gasteiger partial charge on any atom is 0.277 e. The lowest BCUT2D eigenvalue weighted by Crippen LogP contribution is -2.36. The minimum Gasteiger partial charge on any atom is -0.493 e. The number of aromatic nitrogens is 4. The molecule has 0 spiro atoms. The Bertz CT molecular complexity index is 1300. The van der Waals surface area contributed by atoms with Crippen molar-refractivity contribution < 1.29 is 23.4 Å². The standard InChI is InChI=1S/C22H31N5O6S/c1-4-6-17-19-20(27(3)25-17)22(30)24-21(23-19)16-13-15(7-8-18(16)33-5-2)34(31,32)26-14(9-11-28)10-12-29/h7-8,13-14,26,28-29H,4-6,9-12H2,1-3H3,(H,23,24,30). The van der Waals surface area contributed by atoms with E-state index in [1.165, 1.54) is 22.9 Å². The summed E-state index contributed by atoms with van der Waals surface area (Å²) in [5.41, 5.74) is 1.41. The molecule has 11 nitrogen and oxygen atoms in total. The molecule has 12 heteroatoms. The summed E-state index contributed by atoms with van der Waals surface area (Å²) in [5.74, 6) is 0.540. The van der Waals surface area contributed by atoms with E-state index in [4.69, 9.17) is 4.74 Å². The summed E-state index contributed by atoms with van der Waals surface area (Å²) in [4.78, 5) is 20.2. The molecule has 0 saturated heterocycles. The van der Waals surface area contributed by atoms with Crippen molar-refractivity contribution in [2.24, 2.45) is 7.05 Å². The number of hydrogen-bond donors (Lipinski definition) is 4. The molecule has 0 saturated carbocycles. The zero-order chi connectivity index (χ0) is 24.9. The van der Waals surface area contributed by atoms with Crippen molar-refractivity contribution in [3.8, 4) is 17.1 Å². The van der Waals surface area contributed by atoms with Gasteiger partial charge < -0.3 is 19.9 Å². The van der Waals surface area contributed by atoms with E-state index in [1.54, 1.807) is 14.0 Å². The highest BCUT2D eigenvalue weighted by atomic mass is 32.2. The quantitative estimate of drug-likeness (QED) is 0.292. The first-order valence-electron chi connectivity index (χ1n) is 11.2. The third kappa shape index (κ3) is 5.46. The van der Waals surface area contributed by atoms with Gasteiger partial charge in [0.2, 0.25) is 10.0 Å². The van der Waals surface area contributed by atoms with Crippen LogP contribution in [0.1, 0.15) is 38.8 Å². The van der Waals surface area contributed by atoms with Gasteiger partial charge in [-0.1, -0.05) is 13.3 Å². The second-order valence-electron chi connectivity index (χ2n) is 7.87. The van der Waals surface area contributed by atoms with E-state index in [9.17, 15) is 23.4 Å². The van der Waals surface area contributed by atoms with Crippen LogP contribution in [0.15, 0.2) is 27.9 Å². The number of nitrogens with one attached hydrogen (secondary N) is 2. The number of aliphatic hydroxyl groups excluding tert-OH is 2. The minimum atomic E-state index is -4.00. The summed E-state index contributed by atoms with van der Waals surface area (Å²) in [5, 5.41) is 22.8. The van der Waals surface area contributed by atoms with Gasteiger partial charge in [0.15, 0.2) is 5.52 Å². The van der Waals surface area contributed by atoms with Crippen molar-refractivity contribution in [1.82, 2.24) is 24.5 Å². The molecule has 0 atom stereocenters. The molecular formula is C22H31N5O6S. The number of rotatable bonds is 12. The number of nitrogens with zero attached hydrogens (tertiary/aromatic N) is 3. The highest BCUT2D eigenvalue weighted by Gasteiger charge is 2.23. The Morgan fingerprint density at radius 3 is 2.53 bits per heavy atom. The number of benzene rings is 1. The molecular weight excluding hydrogens is 462 g/mol. The van der Waals surface area contributed by atoms with E-state index in [1.807, 2.05) is 6.92 Å². The fourth-order valence-corrected chi connectivity index (χ4v) is 5.11. The first-order chi connectivity index (χ1) is 16.2. The van der Waals surface area contributed by atoms with E-state index in [0.29, 0.717) is 41.1 Å². The number of ether oxygens (including phenoxy) is 1. The molecule has 0 aliphatic heterocycles. The van der Waals surface area contributed by atoms with Crippen LogP contribution in [-0.4, -0.2) is 64.2 Å². The van der Waals surface area contributed by atoms with Gasteiger partial charge in [0.05, 0.1) is 22.8 Å². The van der Waals surface area contributed by atoms with E-state index in [0.717, 1.165) is 6.42 Å². The summed E-state index contributed by atoms with van der Waals surface area (Å²) in [6.07, 6.45) is 1.79. The number of aromatic amines is 1. The monoisotopic (exact) mass is 493 g/mol. The normalized spacial score (nSPS) is 12.1. The van der Waals surface area contributed by atoms with Crippen LogP contribution >= 0.6 is 0 Å². The van der Waals surface area contributed by atoms with Crippen molar-refractivity contribution in [2.75, 3.05) is 19.8 Å². The number of hydrogen-bond acceptors (Lipinski definition) is 8. The van der Waals surface area contributed by atoms with E-state index < -0.39 is 21.6 Å². The second-order valence-corrected chi connectivity index (χ2v) is 9.58. The summed E-state index contributed by atoms with van der Waals surface area (Å²) in [7, 11) is -2.32. The number of aliphatic hydroxyl groups is 2. The van der Waals surface area contributed by atoms with Crippen LogP contribution in [0.25, 0.3) is 22.4 Å². The Labute approximate surface area is 197 Å². The molecule has 0 unspecified atom stereocenters. The lowest BCUT2D eigenvalue weighted by Gasteiger charge is -2.18. The van der Waals surface area contributed by atoms with Crippen LogP contribution in [0.5, 0.6) is 5.75 Å². The maximum atomic E-state index is 13.0. The molecule has 0 amide bonds. The van der Waals surface area contributed by atoms with Crippen molar-refractivity contribution in [2.45, 2.75) is 50.5 Å². The Balaban J connectivity index is 2.14. The van der Waals surface area contributed by atoms with Gasteiger partial charge in [0.1, 0.15) is 17.1 Å². The molecule has 0 fully saturated rings. The number of H-pyrrole nitrogens is 1. The van der Waals surface area contributed by atoms with E-state index >= 15 is 0 Å². The third-order valence-corrected chi connectivity index (χ3v) is 6.86. The van der Waals surface area contributed by atoms with Crippen molar-refractivity contribution >= 4 is 21.1 Å². The van der Waals surface area contributed by atoms with Crippen molar-refractivity contribution in [3.05, 3.63) is 34.2 Å². The van der Waals surface area contributed by atoms with Crippen molar-refractivity contribution in [1.29, 1.82) is 0 Å². The average molecular weight is 494 g/mol. The molecule has 0 radical (unpaired) electrons. The molecule has 4 N–H and O–H groups in total. The highest BCUT2D eigenvalue weighted by molar-refractivity contribution is 7.89. The van der Waals surface area contributed by atoms with Crippen LogP contribution in [0, 0.1) is 0 Å². The minimum absolute atomic E-state index is 0.0606. The lowest BCUT2D eigenvalue weighted by atomic mass is 10.1. The molecule has 0 aliphatic carbocycles. The molecule has 3 rings (SSSR count). The molecule has 186 valence electrons. The summed E-state index contributed by atoms with van der Waals surface area (Å²) in [6, 6.07) is 3.68. The SMILES string of the molecule is CCCc1nn(C)c2c(=O)[nH]c(-c3cc(S(=O)(=O)NC(CCO)CCO)ccc3OCC)nc12. The largest absolute Gasteiger partial charge is 0.493 e. The summed E-state index contributed by atoms with van der Waals surface area (Å²) in [6.45, 7) is 3.68. The van der Waals surface area contributed by atoms with Gasteiger partial charge in [-0.3, -0.25) is 9.48 Å². The fraction of sp³-hybridized carbons (Fsp3) is 0.500. The van der Waals surface area contributed by atoms with Crippen LogP contribution < -0.4 is 15.0 Å². The maximum absolute atomic E-state index is 13.0. The smallest absolute Gasteiger partial charge is 0.277 e. The van der Waals surface area contributed by atoms with Gasteiger partial charge in [-0.15, -0.1) is 0 Å². The predicted molar refractivity (Wildman–Crippen MR) is 127 cm³/mol. The summed E-state index contributed by atoms with van der Waals surface area (Å²) < 4.78 is 35.8. The number of fused-ring (bicyclic) bond motifs is 1. The molecule has 0 bridgehead atoms. The molecule has 1 aromatic carbocycles. The third-order valence-electron chi connectivity index (χ3n) is 5.34. The first-order valence-corrected chi connectivity index (χ1v) is 12.7. The fourth-order valence-electron chi connectivity index (χ4n) is 3.78. The molecule has 3 aromatic rings. The van der Waals surface area contributed by atoms with Gasteiger partial charge in [0.25, 0.3) is 5.56 Å². The van der Waals surface area contributed by atoms with Crippen LogP contribution in [0.3, 0.4) is 0 Å². The van der Waals surface area contributed by atoms with Crippen LogP contribution in [0.2, 0.25) is 0 Å². The Morgan fingerprint density at radius 2 is 1.91 bits per heavy atom. The second kappa shape index (κ2) is 11.1. The summed E-state index contributed by atoms with van der Waals surface area (Å²) >= 11 is 0. The van der Waals surface area contributed by atoms with Gasteiger partial charge in [0, 0.05) is 26.3 Å². The molecule has 34 heavy (non-hydrogen) atoms. The zero-order valence-corrected chi connectivity index (χ0v) is 20.4. The Kier molecular flexibility index (Phi) is 8.42. The Hall–Kier alpha value is -2.80. The number of aryl methyl sites for hydroxylation is 2. The molecule has 2 aromatic heterocycles. The molecule has 0 aliphatic rings. The van der Waals surface area contributed by atoms with Gasteiger partial charge in [-0.25, -0.2) is 18.1 Å². The predicted octanol–water partition coefficient (Wildman–Crippen LogP) is 1.09. The highest BCUT2D eigenvalue weighted by Crippen LogP contribution is 2.31. The van der Waals surface area contributed by atoms with Crippen LogP contribution in [0.4, 0.5) is 0 Å². The lowest BCUT2D eigenvalue weighted by molar-refractivity contribution is 0.237. The first kappa shape index (κ1) is 25.8. The van der Waals surface area contributed by atoms with Gasteiger partial charge in [-0.2, -0.15) is 5.10 Å². The zero-order valence-electron chi connectivity index (χ0n) is 19.5. The molecule has 2 heterocycles. The van der Waals surface area contributed by atoms with Gasteiger partial charge in [-0.05, 0) is 44.4 Å². The number of sulfonamides is 1. The van der Waals surface area contributed by atoms with Crippen molar-refractivity contribution in [3.63, 3.8) is 0 Å². The topological polar surface area (TPSA) is 159 Å². The van der Waals surface area contributed by atoms with Gasteiger partial charge >= 0.3 is 0 Å². The Morgan fingerprint density at radius 1 is 1.21 bits per heavy atom. The van der Waals surface area contributed by atoms with Crippen LogP contribution in [-0.2, 0) is 23.5 Å². The van der Waals surface area contributed by atoms with E-state index in [-0.39, 0.29) is 36.8 Å². The van der Waals surface area contributed by atoms with E-state index in [2.05, 4.69) is 19.8 Å². The average Bonchev–Trinajstić information content (AvgIpc) is 3.10.